The minimum absolute atomic E-state index is 0.781. The molecule has 1 nitrogen and oxygen atoms in total. The molecule has 0 bridgehead atoms. The molecule has 0 heterocycles. The number of hydrogen-bond donors (Lipinski definition) is 0. The van der Waals surface area contributed by atoms with Crippen LogP contribution < -0.4 is 0 Å². The lowest BCUT2D eigenvalue weighted by molar-refractivity contribution is 0.227. The lowest BCUT2D eigenvalue weighted by Gasteiger charge is -2.05. The third-order valence-corrected chi connectivity index (χ3v) is 1.49. The van der Waals surface area contributed by atoms with Gasteiger partial charge in [-0.05, 0) is 32.8 Å². The maximum atomic E-state index is 5.27. The smallest absolute Gasteiger partial charge is 0.0917 e. The Labute approximate surface area is 57.7 Å². The zero-order chi connectivity index (χ0) is 7.28. The van der Waals surface area contributed by atoms with Gasteiger partial charge in [0.05, 0.1) is 12.4 Å². The second-order valence-corrected chi connectivity index (χ2v) is 2.12. The fourth-order valence-electron chi connectivity index (χ4n) is 0.589. The maximum Gasteiger partial charge on any atom is 0.0917 e. The first-order valence-electron chi connectivity index (χ1n) is 3.51. The van der Waals surface area contributed by atoms with Crippen LogP contribution in [0.4, 0.5) is 0 Å². The highest BCUT2D eigenvalue weighted by molar-refractivity contribution is 5.01. The van der Waals surface area contributed by atoms with Crippen molar-refractivity contribution in [2.45, 2.75) is 34.1 Å². The largest absolute Gasteiger partial charge is 0.499 e. The van der Waals surface area contributed by atoms with Crippen LogP contribution in [0, 0.1) is 0 Å². The van der Waals surface area contributed by atoms with Gasteiger partial charge in [-0.15, -0.1) is 0 Å². The van der Waals surface area contributed by atoms with Gasteiger partial charge in [0.25, 0.3) is 0 Å². The molecular weight excluding hydrogens is 112 g/mol. The Balaban J connectivity index is 3.78. The Morgan fingerprint density at radius 1 is 1.22 bits per heavy atom. The van der Waals surface area contributed by atoms with E-state index in [2.05, 4.69) is 13.8 Å². The Morgan fingerprint density at radius 2 is 1.78 bits per heavy atom. The fourth-order valence-corrected chi connectivity index (χ4v) is 0.589. The van der Waals surface area contributed by atoms with E-state index in [9.17, 15) is 0 Å². The van der Waals surface area contributed by atoms with Crippen molar-refractivity contribution in [1.29, 1.82) is 0 Å². The van der Waals surface area contributed by atoms with Crippen LogP contribution in [0.2, 0.25) is 0 Å². The van der Waals surface area contributed by atoms with Gasteiger partial charge in [-0.3, -0.25) is 0 Å². The van der Waals surface area contributed by atoms with Crippen molar-refractivity contribution in [2.75, 3.05) is 6.61 Å². The van der Waals surface area contributed by atoms with Crippen LogP contribution in [0.5, 0.6) is 0 Å². The van der Waals surface area contributed by atoms with Crippen molar-refractivity contribution in [3.63, 3.8) is 0 Å². The van der Waals surface area contributed by atoms with Crippen LogP contribution in [0.1, 0.15) is 34.1 Å². The van der Waals surface area contributed by atoms with E-state index in [0.717, 1.165) is 18.8 Å². The zero-order valence-corrected chi connectivity index (χ0v) is 6.82. The van der Waals surface area contributed by atoms with Crippen molar-refractivity contribution >= 4 is 0 Å². The molecule has 0 aromatic rings. The molecule has 0 aliphatic heterocycles. The van der Waals surface area contributed by atoms with Crippen LogP contribution in [0.25, 0.3) is 0 Å². The molecule has 0 rings (SSSR count). The van der Waals surface area contributed by atoms with Gasteiger partial charge >= 0.3 is 0 Å². The summed E-state index contributed by atoms with van der Waals surface area (Å²) in [4.78, 5) is 0. The molecule has 0 aliphatic carbocycles. The van der Waals surface area contributed by atoms with Crippen LogP contribution in [-0.4, -0.2) is 6.61 Å². The standard InChI is InChI=1S/C8H16O/c1-5-7(3)8(4)9-6-2/h5-6H2,1-4H3. The molecule has 0 aliphatic rings. The summed E-state index contributed by atoms with van der Waals surface area (Å²) in [6, 6.07) is 0. The first kappa shape index (κ1) is 8.54. The van der Waals surface area contributed by atoms with Crippen LogP contribution >= 0.6 is 0 Å². The normalized spacial score (nSPS) is 12.9. The second-order valence-electron chi connectivity index (χ2n) is 2.12. The minimum atomic E-state index is 0.781. The predicted molar refractivity (Wildman–Crippen MR) is 40.3 cm³/mol. The van der Waals surface area contributed by atoms with E-state index >= 15 is 0 Å². The average molecular weight is 128 g/mol. The third-order valence-electron chi connectivity index (χ3n) is 1.49. The van der Waals surface area contributed by atoms with Crippen LogP contribution in [0.15, 0.2) is 11.3 Å². The summed E-state index contributed by atoms with van der Waals surface area (Å²) >= 11 is 0. The van der Waals surface area contributed by atoms with Gasteiger partial charge in [0.15, 0.2) is 0 Å². The third kappa shape index (κ3) is 3.17. The summed E-state index contributed by atoms with van der Waals surface area (Å²) in [5, 5.41) is 0. The fraction of sp³-hybridized carbons (Fsp3) is 0.750. The molecule has 9 heavy (non-hydrogen) atoms. The number of rotatable bonds is 3. The molecule has 0 saturated heterocycles. The topological polar surface area (TPSA) is 9.23 Å². The monoisotopic (exact) mass is 128 g/mol. The second kappa shape index (κ2) is 4.42. The van der Waals surface area contributed by atoms with E-state index in [1.807, 2.05) is 13.8 Å². The molecule has 0 fully saturated rings. The van der Waals surface area contributed by atoms with Gasteiger partial charge in [0.2, 0.25) is 0 Å². The Morgan fingerprint density at radius 3 is 2.11 bits per heavy atom. The van der Waals surface area contributed by atoms with E-state index in [1.54, 1.807) is 0 Å². The average Bonchev–Trinajstić information content (AvgIpc) is 1.87. The number of allylic oxidation sites excluding steroid dienone is 2. The molecule has 0 radical (unpaired) electrons. The lowest BCUT2D eigenvalue weighted by Crippen LogP contribution is -1.89. The zero-order valence-electron chi connectivity index (χ0n) is 6.82. The van der Waals surface area contributed by atoms with Crippen molar-refractivity contribution in [3.05, 3.63) is 11.3 Å². The van der Waals surface area contributed by atoms with E-state index in [1.165, 1.54) is 5.57 Å². The Kier molecular flexibility index (Phi) is 4.20. The molecule has 0 aromatic heterocycles. The quantitative estimate of drug-likeness (QED) is 0.531. The first-order chi connectivity index (χ1) is 4.22. The summed E-state index contributed by atoms with van der Waals surface area (Å²) in [5.74, 6) is 1.08. The minimum Gasteiger partial charge on any atom is -0.499 e. The Hall–Kier alpha value is -0.460. The highest BCUT2D eigenvalue weighted by atomic mass is 16.5. The van der Waals surface area contributed by atoms with E-state index in [4.69, 9.17) is 4.74 Å². The SMILES string of the molecule is CCOC(C)=C(C)CC. The molecule has 54 valence electrons. The summed E-state index contributed by atoms with van der Waals surface area (Å²) < 4.78 is 5.27. The Bertz CT molecular complexity index is 103. The molecule has 0 N–H and O–H groups in total. The maximum absolute atomic E-state index is 5.27. The van der Waals surface area contributed by atoms with Gasteiger partial charge < -0.3 is 4.74 Å². The summed E-state index contributed by atoms with van der Waals surface area (Å²) in [7, 11) is 0. The van der Waals surface area contributed by atoms with Crippen molar-refractivity contribution in [3.8, 4) is 0 Å². The number of hydrogen-bond acceptors (Lipinski definition) is 1. The molecule has 0 aromatic carbocycles. The summed E-state index contributed by atoms with van der Waals surface area (Å²) in [6.45, 7) is 9.04. The van der Waals surface area contributed by atoms with Crippen molar-refractivity contribution in [1.82, 2.24) is 0 Å². The van der Waals surface area contributed by atoms with Gasteiger partial charge in [-0.25, -0.2) is 0 Å². The number of ether oxygens (including phenoxy) is 1. The van der Waals surface area contributed by atoms with Crippen molar-refractivity contribution in [2.24, 2.45) is 0 Å². The van der Waals surface area contributed by atoms with E-state index < -0.39 is 0 Å². The lowest BCUT2D eigenvalue weighted by atomic mass is 10.2. The van der Waals surface area contributed by atoms with Gasteiger partial charge in [-0.1, -0.05) is 6.92 Å². The highest BCUT2D eigenvalue weighted by Crippen LogP contribution is 2.07. The van der Waals surface area contributed by atoms with Gasteiger partial charge in [-0.2, -0.15) is 0 Å². The van der Waals surface area contributed by atoms with E-state index in [-0.39, 0.29) is 0 Å². The molecular formula is C8H16O. The summed E-state index contributed by atoms with van der Waals surface area (Å²) in [6.07, 6.45) is 1.09. The molecule has 0 saturated carbocycles. The van der Waals surface area contributed by atoms with Crippen molar-refractivity contribution < 1.29 is 4.74 Å². The highest BCUT2D eigenvalue weighted by Gasteiger charge is 1.91. The first-order valence-corrected chi connectivity index (χ1v) is 3.51. The van der Waals surface area contributed by atoms with Crippen LogP contribution in [0.3, 0.4) is 0 Å². The summed E-state index contributed by atoms with van der Waals surface area (Å²) in [5.41, 5.74) is 1.34. The van der Waals surface area contributed by atoms with E-state index in [0.29, 0.717) is 0 Å². The molecule has 0 atom stereocenters. The van der Waals surface area contributed by atoms with Gasteiger partial charge in [0, 0.05) is 0 Å². The predicted octanol–water partition coefficient (Wildman–Crippen LogP) is 2.73. The van der Waals surface area contributed by atoms with Gasteiger partial charge in [0.1, 0.15) is 0 Å². The molecule has 1 heteroatoms. The molecule has 0 unspecified atom stereocenters. The molecule has 0 amide bonds. The molecule has 0 spiro atoms. The van der Waals surface area contributed by atoms with Crippen LogP contribution in [-0.2, 0) is 4.74 Å².